The maximum Gasteiger partial charge on any atom is 0.271 e. The van der Waals surface area contributed by atoms with Gasteiger partial charge >= 0.3 is 0 Å². The molecule has 0 spiro atoms. The highest BCUT2D eigenvalue weighted by atomic mass is 16.6. The first-order valence-corrected chi connectivity index (χ1v) is 3.24. The fourth-order valence-corrected chi connectivity index (χ4v) is 0.546. The van der Waals surface area contributed by atoms with Crippen molar-refractivity contribution >= 4 is 0 Å². The van der Waals surface area contributed by atoms with Crippen LogP contribution in [0, 0.1) is 10.1 Å². The summed E-state index contributed by atoms with van der Waals surface area (Å²) in [5.74, 6) is 5.02. The van der Waals surface area contributed by atoms with Gasteiger partial charge in [0.25, 0.3) is 5.70 Å². The van der Waals surface area contributed by atoms with Gasteiger partial charge in [0.1, 0.15) is 0 Å². The zero-order valence-electron chi connectivity index (χ0n) is 6.78. The van der Waals surface area contributed by atoms with Crippen molar-refractivity contribution in [2.45, 2.75) is 6.92 Å². The Bertz CT molecular complexity index is 243. The van der Waals surface area contributed by atoms with E-state index in [9.17, 15) is 10.1 Å². The van der Waals surface area contributed by atoms with Crippen LogP contribution in [-0.4, -0.2) is 4.92 Å². The Morgan fingerprint density at radius 3 is 2.67 bits per heavy atom. The molecule has 5 heteroatoms. The average Bonchev–Trinajstić information content (AvgIpc) is 2.03. The first-order chi connectivity index (χ1) is 5.61. The molecule has 0 rings (SSSR count). The third kappa shape index (κ3) is 3.52. The molecule has 0 heterocycles. The van der Waals surface area contributed by atoms with Crippen molar-refractivity contribution in [1.29, 1.82) is 0 Å². The van der Waals surface area contributed by atoms with Crippen LogP contribution in [-0.2, 0) is 0 Å². The Kier molecular flexibility index (Phi) is 4.40. The number of nitrogens with one attached hydrogen (secondary N) is 1. The lowest BCUT2D eigenvalue weighted by Gasteiger charge is -1.96. The monoisotopic (exact) mass is 169 g/mol. The molecule has 12 heavy (non-hydrogen) atoms. The van der Waals surface area contributed by atoms with Crippen LogP contribution < -0.4 is 11.3 Å². The number of hydrazine groups is 1. The van der Waals surface area contributed by atoms with Gasteiger partial charge in [0.05, 0.1) is 4.92 Å². The van der Waals surface area contributed by atoms with E-state index in [1.54, 1.807) is 6.92 Å². The molecule has 0 aliphatic rings. The van der Waals surface area contributed by atoms with E-state index in [2.05, 4.69) is 12.0 Å². The summed E-state index contributed by atoms with van der Waals surface area (Å²) in [4.78, 5) is 9.81. The molecule has 0 bridgehead atoms. The molecule has 0 atom stereocenters. The topological polar surface area (TPSA) is 81.2 Å². The maximum atomic E-state index is 10.3. The van der Waals surface area contributed by atoms with E-state index in [1.807, 2.05) is 0 Å². The number of nitro groups is 1. The lowest BCUT2D eigenvalue weighted by atomic mass is 10.3. The van der Waals surface area contributed by atoms with Gasteiger partial charge in [-0.3, -0.25) is 16.0 Å². The van der Waals surface area contributed by atoms with Gasteiger partial charge in [0, 0.05) is 17.8 Å². The van der Waals surface area contributed by atoms with Crippen molar-refractivity contribution in [2.75, 3.05) is 0 Å². The van der Waals surface area contributed by atoms with Gasteiger partial charge in [0.2, 0.25) is 0 Å². The summed E-state index contributed by atoms with van der Waals surface area (Å²) in [6.07, 6.45) is 3.96. The largest absolute Gasteiger partial charge is 0.328 e. The van der Waals surface area contributed by atoms with Gasteiger partial charge in [-0.2, -0.15) is 0 Å². The second-order valence-electron chi connectivity index (χ2n) is 2.06. The van der Waals surface area contributed by atoms with Crippen molar-refractivity contribution < 1.29 is 4.92 Å². The highest BCUT2D eigenvalue weighted by Gasteiger charge is 2.04. The summed E-state index contributed by atoms with van der Waals surface area (Å²) in [6, 6.07) is 0. The summed E-state index contributed by atoms with van der Waals surface area (Å²) in [5, 5.41) is 10.3. The van der Waals surface area contributed by atoms with Crippen LogP contribution in [0.1, 0.15) is 6.92 Å². The first-order valence-electron chi connectivity index (χ1n) is 3.24. The summed E-state index contributed by atoms with van der Waals surface area (Å²) in [6.45, 7) is 4.98. The number of nitrogens with two attached hydrogens (primary N) is 1. The lowest BCUT2D eigenvalue weighted by molar-refractivity contribution is -0.419. The molecule has 0 aromatic carbocycles. The van der Waals surface area contributed by atoms with Crippen LogP contribution in [0.2, 0.25) is 0 Å². The number of hydrogen-bond donors (Lipinski definition) is 2. The highest BCUT2D eigenvalue weighted by Crippen LogP contribution is 2.00. The second kappa shape index (κ2) is 5.09. The number of nitrogens with zero attached hydrogens (tertiary/aromatic N) is 1. The molecule has 0 fully saturated rings. The molecule has 66 valence electrons. The highest BCUT2D eigenvalue weighted by molar-refractivity contribution is 5.19. The molecule has 0 aliphatic heterocycles. The normalized spacial score (nSPS) is 12.5. The number of hydrogen-bond acceptors (Lipinski definition) is 4. The van der Waals surface area contributed by atoms with Crippen molar-refractivity contribution in [3.8, 4) is 0 Å². The van der Waals surface area contributed by atoms with Crippen LogP contribution in [0.3, 0.4) is 0 Å². The predicted octanol–water partition coefficient (Wildman–Crippen LogP) is 0.700. The zero-order valence-corrected chi connectivity index (χ0v) is 6.78. The van der Waals surface area contributed by atoms with Crippen LogP contribution >= 0.6 is 0 Å². The van der Waals surface area contributed by atoms with Crippen molar-refractivity contribution in [1.82, 2.24) is 5.43 Å². The van der Waals surface area contributed by atoms with E-state index in [0.717, 1.165) is 0 Å². The molecule has 0 radical (unpaired) electrons. The average molecular weight is 169 g/mol. The molecule has 0 aliphatic carbocycles. The molecule has 0 saturated carbocycles. The molecule has 0 saturated heterocycles. The van der Waals surface area contributed by atoms with E-state index in [0.29, 0.717) is 5.70 Å². The Morgan fingerprint density at radius 1 is 1.75 bits per heavy atom. The third-order valence-electron chi connectivity index (χ3n) is 1.09. The summed E-state index contributed by atoms with van der Waals surface area (Å²) in [7, 11) is 0. The standard InChI is InChI=1S/C7H11N3O2/c1-3-4-7(10(11)12)5-6(2)9-8/h3-5,9H,1,8H2,2H3/b6-5+,7-4+. The maximum absolute atomic E-state index is 10.3. The van der Waals surface area contributed by atoms with Crippen molar-refractivity contribution in [2.24, 2.45) is 5.84 Å². The van der Waals surface area contributed by atoms with E-state index >= 15 is 0 Å². The van der Waals surface area contributed by atoms with E-state index in [-0.39, 0.29) is 5.70 Å². The van der Waals surface area contributed by atoms with Gasteiger partial charge in [-0.15, -0.1) is 0 Å². The minimum absolute atomic E-state index is 0.0551. The van der Waals surface area contributed by atoms with Gasteiger partial charge in [-0.05, 0) is 6.92 Å². The van der Waals surface area contributed by atoms with Crippen LogP contribution in [0.15, 0.2) is 36.2 Å². The molecular formula is C7H11N3O2. The van der Waals surface area contributed by atoms with Gasteiger partial charge in [-0.1, -0.05) is 12.7 Å². The molecule has 0 aromatic heterocycles. The van der Waals surface area contributed by atoms with Crippen LogP contribution in [0.25, 0.3) is 0 Å². The molecule has 0 aromatic rings. The Labute approximate surface area is 70.4 Å². The molecule has 0 amide bonds. The van der Waals surface area contributed by atoms with Gasteiger partial charge < -0.3 is 5.43 Å². The minimum Gasteiger partial charge on any atom is -0.328 e. The number of allylic oxidation sites excluding steroid dienone is 4. The molecule has 0 unspecified atom stereocenters. The predicted molar refractivity (Wildman–Crippen MR) is 46.4 cm³/mol. The second-order valence-corrected chi connectivity index (χ2v) is 2.06. The first kappa shape index (κ1) is 10.4. The van der Waals surface area contributed by atoms with Crippen LogP contribution in [0.4, 0.5) is 0 Å². The molecular weight excluding hydrogens is 158 g/mol. The van der Waals surface area contributed by atoms with E-state index < -0.39 is 4.92 Å². The third-order valence-corrected chi connectivity index (χ3v) is 1.09. The number of rotatable bonds is 4. The van der Waals surface area contributed by atoms with Crippen molar-refractivity contribution in [3.05, 3.63) is 46.3 Å². The molecule has 3 N–H and O–H groups in total. The Balaban J connectivity index is 4.66. The zero-order chi connectivity index (χ0) is 9.56. The van der Waals surface area contributed by atoms with Gasteiger partial charge in [-0.25, -0.2) is 0 Å². The minimum atomic E-state index is -0.511. The smallest absolute Gasteiger partial charge is 0.271 e. The fourth-order valence-electron chi connectivity index (χ4n) is 0.546. The summed E-state index contributed by atoms with van der Waals surface area (Å²) in [5.41, 5.74) is 2.75. The van der Waals surface area contributed by atoms with Crippen molar-refractivity contribution in [3.63, 3.8) is 0 Å². The van der Waals surface area contributed by atoms with Crippen LogP contribution in [0.5, 0.6) is 0 Å². The molecule has 5 nitrogen and oxygen atoms in total. The van der Waals surface area contributed by atoms with Gasteiger partial charge in [0.15, 0.2) is 0 Å². The quantitative estimate of drug-likeness (QED) is 0.281. The van der Waals surface area contributed by atoms with E-state index in [4.69, 9.17) is 5.84 Å². The summed E-state index contributed by atoms with van der Waals surface area (Å²) < 4.78 is 0. The fraction of sp³-hybridized carbons (Fsp3) is 0.143. The summed E-state index contributed by atoms with van der Waals surface area (Å²) >= 11 is 0. The lowest BCUT2D eigenvalue weighted by Crippen LogP contribution is -2.19. The Hall–Kier alpha value is -1.62. The Morgan fingerprint density at radius 2 is 2.33 bits per heavy atom. The van der Waals surface area contributed by atoms with E-state index in [1.165, 1.54) is 18.2 Å². The SMILES string of the molecule is C=C/C=C(\C=C(/C)NN)[N+](=O)[O-].